The highest BCUT2D eigenvalue weighted by Gasteiger charge is 2.40. The third-order valence-corrected chi connectivity index (χ3v) is 8.22. The summed E-state index contributed by atoms with van der Waals surface area (Å²) in [6.07, 6.45) is 4.80. The molecular formula is C20H28N4O4S. The van der Waals surface area contributed by atoms with Gasteiger partial charge in [-0.2, -0.15) is 4.31 Å². The number of aromatic nitrogens is 1. The van der Waals surface area contributed by atoms with Crippen LogP contribution in [-0.4, -0.2) is 71.4 Å². The fourth-order valence-corrected chi connectivity index (χ4v) is 6.26. The maximum atomic E-state index is 13.2. The average molecular weight is 421 g/mol. The molecule has 1 N–H and O–H groups in total. The smallest absolute Gasteiger partial charge is 0.272 e. The molecule has 0 aliphatic carbocycles. The van der Waals surface area contributed by atoms with Crippen LogP contribution < -0.4 is 5.32 Å². The number of nitrogens with one attached hydrogen (secondary N) is 1. The van der Waals surface area contributed by atoms with Crippen LogP contribution in [0.5, 0.6) is 0 Å². The SMILES string of the molecule is C=CC(=O)NC1CCN(S(=O)(=O)C2CCN(C(=O)c3ccccn3)CC2)C(C)C1. The zero-order chi connectivity index (χ0) is 21.0. The molecule has 0 aromatic carbocycles. The molecule has 2 unspecified atom stereocenters. The zero-order valence-corrected chi connectivity index (χ0v) is 17.5. The largest absolute Gasteiger partial charge is 0.350 e. The van der Waals surface area contributed by atoms with Crippen molar-refractivity contribution in [3.8, 4) is 0 Å². The summed E-state index contributed by atoms with van der Waals surface area (Å²) in [6, 6.07) is 4.96. The van der Waals surface area contributed by atoms with Crippen LogP contribution in [-0.2, 0) is 14.8 Å². The molecule has 2 fully saturated rings. The third kappa shape index (κ3) is 4.84. The first-order chi connectivity index (χ1) is 13.8. The first kappa shape index (κ1) is 21.4. The second-order valence-electron chi connectivity index (χ2n) is 7.65. The van der Waals surface area contributed by atoms with E-state index in [9.17, 15) is 18.0 Å². The van der Waals surface area contributed by atoms with Crippen molar-refractivity contribution < 1.29 is 18.0 Å². The van der Waals surface area contributed by atoms with E-state index in [1.54, 1.807) is 33.6 Å². The van der Waals surface area contributed by atoms with Crippen LogP contribution >= 0.6 is 0 Å². The van der Waals surface area contributed by atoms with Gasteiger partial charge in [0.1, 0.15) is 5.69 Å². The Kier molecular flexibility index (Phi) is 6.69. The quantitative estimate of drug-likeness (QED) is 0.721. The second kappa shape index (κ2) is 9.04. The number of pyridine rings is 1. The summed E-state index contributed by atoms with van der Waals surface area (Å²) in [6.45, 7) is 6.52. The van der Waals surface area contributed by atoms with Crippen LogP contribution in [0.1, 0.15) is 43.1 Å². The van der Waals surface area contributed by atoms with E-state index in [1.165, 1.54) is 6.08 Å². The summed E-state index contributed by atoms with van der Waals surface area (Å²) in [4.78, 5) is 29.8. The molecular weight excluding hydrogens is 392 g/mol. The summed E-state index contributed by atoms with van der Waals surface area (Å²) in [7, 11) is -3.46. The Labute approximate surface area is 172 Å². The maximum Gasteiger partial charge on any atom is 0.272 e. The summed E-state index contributed by atoms with van der Waals surface area (Å²) < 4.78 is 28.0. The molecule has 9 heteroatoms. The zero-order valence-electron chi connectivity index (χ0n) is 16.7. The van der Waals surface area contributed by atoms with Gasteiger partial charge in [-0.3, -0.25) is 14.6 Å². The van der Waals surface area contributed by atoms with Crippen LogP contribution in [0.3, 0.4) is 0 Å². The molecule has 0 bridgehead atoms. The number of nitrogens with zero attached hydrogens (tertiary/aromatic N) is 3. The lowest BCUT2D eigenvalue weighted by molar-refractivity contribution is -0.117. The monoisotopic (exact) mass is 420 g/mol. The van der Waals surface area contributed by atoms with Crippen molar-refractivity contribution in [2.24, 2.45) is 0 Å². The van der Waals surface area contributed by atoms with Crippen molar-refractivity contribution in [1.82, 2.24) is 19.5 Å². The Balaban J connectivity index is 1.58. The third-order valence-electron chi connectivity index (χ3n) is 5.71. The van der Waals surface area contributed by atoms with Crippen molar-refractivity contribution in [1.29, 1.82) is 0 Å². The van der Waals surface area contributed by atoms with E-state index in [0.717, 1.165) is 0 Å². The summed E-state index contributed by atoms with van der Waals surface area (Å²) >= 11 is 0. The molecule has 158 valence electrons. The summed E-state index contributed by atoms with van der Waals surface area (Å²) in [5.74, 6) is -0.392. The number of likely N-dealkylation sites (tertiary alicyclic amines) is 1. The topological polar surface area (TPSA) is 99.7 Å². The molecule has 0 radical (unpaired) electrons. The molecule has 2 aliphatic rings. The Morgan fingerprint density at radius 1 is 1.21 bits per heavy atom. The van der Waals surface area contributed by atoms with Gasteiger partial charge >= 0.3 is 0 Å². The molecule has 1 aromatic heterocycles. The first-order valence-electron chi connectivity index (χ1n) is 9.97. The van der Waals surface area contributed by atoms with Gasteiger partial charge in [0.2, 0.25) is 15.9 Å². The molecule has 1 aromatic rings. The number of hydrogen-bond acceptors (Lipinski definition) is 5. The molecule has 8 nitrogen and oxygen atoms in total. The van der Waals surface area contributed by atoms with E-state index in [2.05, 4.69) is 16.9 Å². The minimum atomic E-state index is -3.46. The van der Waals surface area contributed by atoms with Crippen molar-refractivity contribution in [3.05, 3.63) is 42.7 Å². The second-order valence-corrected chi connectivity index (χ2v) is 9.81. The van der Waals surface area contributed by atoms with Crippen LogP contribution in [0.15, 0.2) is 37.1 Å². The lowest BCUT2D eigenvalue weighted by atomic mass is 10.0. The predicted molar refractivity (Wildman–Crippen MR) is 110 cm³/mol. The number of piperidine rings is 2. The van der Waals surface area contributed by atoms with Gasteiger partial charge in [0.15, 0.2) is 0 Å². The number of carbonyl (C=O) groups excluding carboxylic acids is 2. The number of sulfonamides is 1. The summed E-state index contributed by atoms with van der Waals surface area (Å²) in [5.41, 5.74) is 0.381. The molecule has 0 saturated carbocycles. The highest BCUT2D eigenvalue weighted by atomic mass is 32.2. The Morgan fingerprint density at radius 2 is 1.93 bits per heavy atom. The van der Waals surface area contributed by atoms with E-state index in [-0.39, 0.29) is 23.9 Å². The highest BCUT2D eigenvalue weighted by molar-refractivity contribution is 7.89. The average Bonchev–Trinajstić information content (AvgIpc) is 2.73. The minimum absolute atomic E-state index is 0.0419. The van der Waals surface area contributed by atoms with Crippen LogP contribution in [0.25, 0.3) is 0 Å². The van der Waals surface area contributed by atoms with Crippen LogP contribution in [0.2, 0.25) is 0 Å². The van der Waals surface area contributed by atoms with Gasteiger partial charge in [0, 0.05) is 37.9 Å². The molecule has 0 spiro atoms. The van der Waals surface area contributed by atoms with Gasteiger partial charge in [-0.05, 0) is 50.8 Å². The van der Waals surface area contributed by atoms with E-state index in [1.807, 2.05) is 6.92 Å². The standard InChI is InChI=1S/C20H28N4O4S/c1-3-19(25)22-16-7-13-24(15(2)14-16)29(27,28)17-8-11-23(12-9-17)20(26)18-6-4-5-10-21-18/h3-6,10,15-17H,1,7-9,11-14H2,2H3,(H,22,25). The van der Waals surface area contributed by atoms with Gasteiger partial charge < -0.3 is 10.2 Å². The molecule has 2 saturated heterocycles. The maximum absolute atomic E-state index is 13.2. The van der Waals surface area contributed by atoms with Crippen molar-refractivity contribution in [3.63, 3.8) is 0 Å². The molecule has 2 atom stereocenters. The first-order valence-corrected chi connectivity index (χ1v) is 11.5. The van der Waals surface area contributed by atoms with E-state index in [0.29, 0.717) is 51.0 Å². The molecule has 29 heavy (non-hydrogen) atoms. The van der Waals surface area contributed by atoms with Crippen LogP contribution in [0, 0.1) is 0 Å². The lowest BCUT2D eigenvalue weighted by Gasteiger charge is -2.40. The van der Waals surface area contributed by atoms with Gasteiger partial charge in [-0.25, -0.2) is 8.42 Å². The Bertz CT molecular complexity index is 850. The van der Waals surface area contributed by atoms with Crippen LogP contribution in [0.4, 0.5) is 0 Å². The fourth-order valence-electron chi connectivity index (χ4n) is 4.12. The number of amides is 2. The van der Waals surface area contributed by atoms with E-state index in [4.69, 9.17) is 0 Å². The molecule has 2 amide bonds. The summed E-state index contributed by atoms with van der Waals surface area (Å²) in [5, 5.41) is 2.37. The van der Waals surface area contributed by atoms with Crippen molar-refractivity contribution in [2.45, 2.75) is 49.9 Å². The number of rotatable bonds is 5. The van der Waals surface area contributed by atoms with Gasteiger partial charge in [0.25, 0.3) is 5.91 Å². The van der Waals surface area contributed by atoms with Crippen molar-refractivity contribution >= 4 is 21.8 Å². The fraction of sp³-hybridized carbons (Fsp3) is 0.550. The Hall–Kier alpha value is -2.26. The van der Waals surface area contributed by atoms with E-state index >= 15 is 0 Å². The highest BCUT2D eigenvalue weighted by Crippen LogP contribution is 2.28. The Morgan fingerprint density at radius 3 is 2.52 bits per heavy atom. The normalized spacial score (nSPS) is 24.1. The number of carbonyl (C=O) groups is 2. The predicted octanol–water partition coefficient (Wildman–Crippen LogP) is 1.17. The molecule has 2 aliphatic heterocycles. The lowest BCUT2D eigenvalue weighted by Crippen LogP contribution is -2.54. The van der Waals surface area contributed by atoms with Crippen molar-refractivity contribution in [2.75, 3.05) is 19.6 Å². The van der Waals surface area contributed by atoms with E-state index < -0.39 is 15.3 Å². The number of hydrogen-bond donors (Lipinski definition) is 1. The molecule has 3 rings (SSSR count). The van der Waals surface area contributed by atoms with Gasteiger partial charge in [0.05, 0.1) is 5.25 Å². The van der Waals surface area contributed by atoms with Gasteiger partial charge in [-0.1, -0.05) is 12.6 Å². The minimum Gasteiger partial charge on any atom is -0.350 e. The van der Waals surface area contributed by atoms with Gasteiger partial charge in [-0.15, -0.1) is 0 Å². The molecule has 3 heterocycles.